The molecule has 1 aromatic carbocycles. The smallest absolute Gasteiger partial charge is 0.249 e. The van der Waals surface area contributed by atoms with Gasteiger partial charge in [0.15, 0.2) is 0 Å². The number of furan rings is 1. The Bertz CT molecular complexity index is 761. The third-order valence-corrected chi connectivity index (χ3v) is 2.79. The Morgan fingerprint density at radius 1 is 1.10 bits per heavy atom. The molecule has 0 radical (unpaired) electrons. The zero-order chi connectivity index (χ0) is 13.8. The van der Waals surface area contributed by atoms with Crippen molar-refractivity contribution in [3.05, 3.63) is 66.6 Å². The molecule has 0 atom stereocenters. The van der Waals surface area contributed by atoms with Gasteiger partial charge in [0, 0.05) is 11.5 Å². The first kappa shape index (κ1) is 12.2. The van der Waals surface area contributed by atoms with Crippen molar-refractivity contribution in [3.63, 3.8) is 0 Å². The molecule has 0 spiro atoms. The van der Waals surface area contributed by atoms with E-state index in [9.17, 15) is 4.79 Å². The maximum atomic E-state index is 11.8. The van der Waals surface area contributed by atoms with Crippen molar-refractivity contribution in [2.45, 2.75) is 0 Å². The summed E-state index contributed by atoms with van der Waals surface area (Å²) in [5.41, 5.74) is 0.848. The summed E-state index contributed by atoms with van der Waals surface area (Å²) in [6.45, 7) is 0. The van der Waals surface area contributed by atoms with Gasteiger partial charge in [0.05, 0.1) is 11.8 Å². The third kappa shape index (κ3) is 2.75. The summed E-state index contributed by atoms with van der Waals surface area (Å²) in [4.78, 5) is 16.1. The van der Waals surface area contributed by atoms with Crippen molar-refractivity contribution in [1.29, 1.82) is 0 Å². The van der Waals surface area contributed by atoms with Gasteiger partial charge in [-0.15, -0.1) is 0 Å². The van der Waals surface area contributed by atoms with Gasteiger partial charge >= 0.3 is 0 Å². The van der Waals surface area contributed by atoms with Crippen LogP contribution < -0.4 is 5.32 Å². The lowest BCUT2D eigenvalue weighted by molar-refractivity contribution is -0.111. The molecule has 98 valence electrons. The first-order chi connectivity index (χ1) is 9.81. The van der Waals surface area contributed by atoms with Gasteiger partial charge in [0.2, 0.25) is 5.91 Å². The Labute approximate surface area is 115 Å². The molecule has 2 heterocycles. The van der Waals surface area contributed by atoms with Gasteiger partial charge in [0.25, 0.3) is 0 Å². The first-order valence-electron chi connectivity index (χ1n) is 6.20. The minimum absolute atomic E-state index is 0.246. The zero-order valence-electron chi connectivity index (χ0n) is 10.6. The van der Waals surface area contributed by atoms with E-state index in [1.807, 2.05) is 30.3 Å². The van der Waals surface area contributed by atoms with Crippen molar-refractivity contribution in [2.75, 3.05) is 5.32 Å². The standard InChI is InChI=1S/C16H12N2O2/c19-16(10-8-13-5-3-11-20-13)18-15-9-7-12-4-1-2-6-14(12)17-15/h1-11H,(H,17,18,19)/b10-8+. The molecule has 0 aliphatic rings. The van der Waals surface area contributed by atoms with Gasteiger partial charge in [-0.05, 0) is 36.4 Å². The number of carbonyl (C=O) groups is 1. The molecule has 1 amide bonds. The van der Waals surface area contributed by atoms with Crippen LogP contribution in [0.4, 0.5) is 5.82 Å². The van der Waals surface area contributed by atoms with Gasteiger partial charge in [-0.2, -0.15) is 0 Å². The average molecular weight is 264 g/mol. The van der Waals surface area contributed by atoms with Gasteiger partial charge in [-0.3, -0.25) is 4.79 Å². The molecule has 0 bridgehead atoms. The molecule has 0 unspecified atom stereocenters. The molecule has 0 fully saturated rings. The molecule has 0 saturated carbocycles. The lowest BCUT2D eigenvalue weighted by atomic mass is 10.2. The van der Waals surface area contributed by atoms with Crippen molar-refractivity contribution in [2.24, 2.45) is 0 Å². The van der Waals surface area contributed by atoms with Crippen LogP contribution in [0.2, 0.25) is 0 Å². The monoisotopic (exact) mass is 264 g/mol. The number of para-hydroxylation sites is 1. The molecule has 3 rings (SSSR count). The normalized spacial score (nSPS) is 11.0. The minimum Gasteiger partial charge on any atom is -0.465 e. The van der Waals surface area contributed by atoms with E-state index in [0.717, 1.165) is 10.9 Å². The number of nitrogens with one attached hydrogen (secondary N) is 1. The van der Waals surface area contributed by atoms with Crippen LogP contribution in [-0.2, 0) is 4.79 Å². The largest absolute Gasteiger partial charge is 0.465 e. The molecule has 4 nitrogen and oxygen atoms in total. The predicted molar refractivity (Wildman–Crippen MR) is 78.1 cm³/mol. The third-order valence-electron chi connectivity index (χ3n) is 2.79. The van der Waals surface area contributed by atoms with E-state index in [2.05, 4.69) is 10.3 Å². The van der Waals surface area contributed by atoms with E-state index in [-0.39, 0.29) is 5.91 Å². The summed E-state index contributed by atoms with van der Waals surface area (Å²) in [7, 11) is 0. The number of pyridine rings is 1. The first-order valence-corrected chi connectivity index (χ1v) is 6.20. The highest BCUT2D eigenvalue weighted by Gasteiger charge is 2.01. The fourth-order valence-corrected chi connectivity index (χ4v) is 1.85. The highest BCUT2D eigenvalue weighted by molar-refractivity contribution is 6.01. The molecule has 1 N–H and O–H groups in total. The Kier molecular flexibility index (Phi) is 3.29. The summed E-state index contributed by atoms with van der Waals surface area (Å²) in [6, 6.07) is 15.0. The number of carbonyl (C=O) groups excluding carboxylic acids is 1. The van der Waals surface area contributed by atoms with Gasteiger partial charge < -0.3 is 9.73 Å². The molecule has 3 aromatic rings. The lowest BCUT2D eigenvalue weighted by Gasteiger charge is -2.02. The van der Waals surface area contributed by atoms with Crippen molar-refractivity contribution in [3.8, 4) is 0 Å². The summed E-state index contributed by atoms with van der Waals surface area (Å²) in [5.74, 6) is 0.911. The van der Waals surface area contributed by atoms with Crippen molar-refractivity contribution < 1.29 is 9.21 Å². The van der Waals surface area contributed by atoms with Gasteiger partial charge in [-0.25, -0.2) is 4.98 Å². The molecule has 0 aliphatic heterocycles. The second kappa shape index (κ2) is 5.40. The van der Waals surface area contributed by atoms with Crippen LogP contribution in [0.25, 0.3) is 17.0 Å². The number of anilines is 1. The molecule has 0 saturated heterocycles. The lowest BCUT2D eigenvalue weighted by Crippen LogP contribution is -2.08. The van der Waals surface area contributed by atoms with Crippen LogP contribution in [0, 0.1) is 0 Å². The zero-order valence-corrected chi connectivity index (χ0v) is 10.6. The number of amides is 1. The Morgan fingerprint density at radius 3 is 2.85 bits per heavy atom. The van der Waals surface area contributed by atoms with Crippen molar-refractivity contribution in [1.82, 2.24) is 4.98 Å². The predicted octanol–water partition coefficient (Wildman–Crippen LogP) is 3.48. The van der Waals surface area contributed by atoms with E-state index in [4.69, 9.17) is 4.42 Å². The van der Waals surface area contributed by atoms with Crippen LogP contribution in [0.5, 0.6) is 0 Å². The summed E-state index contributed by atoms with van der Waals surface area (Å²) >= 11 is 0. The topological polar surface area (TPSA) is 55.1 Å². The fraction of sp³-hybridized carbons (Fsp3) is 0. The van der Waals surface area contributed by atoms with E-state index in [1.54, 1.807) is 30.5 Å². The number of aromatic nitrogens is 1. The Hall–Kier alpha value is -2.88. The fourth-order valence-electron chi connectivity index (χ4n) is 1.85. The summed E-state index contributed by atoms with van der Waals surface area (Å²) in [5, 5.41) is 3.76. The number of hydrogen-bond acceptors (Lipinski definition) is 3. The van der Waals surface area contributed by atoms with E-state index in [1.165, 1.54) is 6.08 Å². The SMILES string of the molecule is O=C(/C=C/c1ccco1)Nc1ccc2ccccc2n1. The Balaban J connectivity index is 1.74. The van der Waals surface area contributed by atoms with Crippen LogP contribution >= 0.6 is 0 Å². The summed E-state index contributed by atoms with van der Waals surface area (Å²) in [6.07, 6.45) is 4.58. The second-order valence-corrected chi connectivity index (χ2v) is 4.23. The number of fused-ring (bicyclic) bond motifs is 1. The number of benzene rings is 1. The molecule has 20 heavy (non-hydrogen) atoms. The van der Waals surface area contributed by atoms with E-state index >= 15 is 0 Å². The average Bonchev–Trinajstić information content (AvgIpc) is 2.98. The van der Waals surface area contributed by atoms with Crippen molar-refractivity contribution >= 4 is 28.7 Å². The second-order valence-electron chi connectivity index (χ2n) is 4.23. The highest BCUT2D eigenvalue weighted by Crippen LogP contribution is 2.14. The molecule has 2 aromatic heterocycles. The van der Waals surface area contributed by atoms with E-state index in [0.29, 0.717) is 11.6 Å². The maximum Gasteiger partial charge on any atom is 0.249 e. The molecule has 0 aliphatic carbocycles. The van der Waals surface area contributed by atoms with Crippen LogP contribution in [0.3, 0.4) is 0 Å². The Morgan fingerprint density at radius 2 is 2.00 bits per heavy atom. The number of rotatable bonds is 3. The number of nitrogens with zero attached hydrogens (tertiary/aromatic N) is 1. The van der Waals surface area contributed by atoms with Crippen LogP contribution in [0.1, 0.15) is 5.76 Å². The number of hydrogen-bond donors (Lipinski definition) is 1. The van der Waals surface area contributed by atoms with Crippen LogP contribution in [-0.4, -0.2) is 10.9 Å². The maximum absolute atomic E-state index is 11.8. The van der Waals surface area contributed by atoms with Gasteiger partial charge in [0.1, 0.15) is 11.6 Å². The van der Waals surface area contributed by atoms with Crippen LogP contribution in [0.15, 0.2) is 65.3 Å². The van der Waals surface area contributed by atoms with Gasteiger partial charge in [-0.1, -0.05) is 18.2 Å². The summed E-state index contributed by atoms with van der Waals surface area (Å²) < 4.78 is 5.11. The molecule has 4 heteroatoms. The van der Waals surface area contributed by atoms with E-state index < -0.39 is 0 Å². The minimum atomic E-state index is -0.246. The molecular formula is C16H12N2O2. The highest BCUT2D eigenvalue weighted by atomic mass is 16.3. The quantitative estimate of drug-likeness (QED) is 0.737. The molecular weight excluding hydrogens is 252 g/mol.